The van der Waals surface area contributed by atoms with Crippen molar-refractivity contribution in [3.8, 4) is 5.75 Å². The standard InChI is InChI=1S/C10H11BrN2O/c1-4-14-10-5-8(7(2)11)13-6-9(10)12-3/h5-7H,4H2,1-2H3/i7D. The molecule has 0 amide bonds. The largest absolute Gasteiger partial charge is 0.505 e. The minimum atomic E-state index is -0.959. The van der Waals surface area contributed by atoms with Crippen LogP contribution in [0.5, 0.6) is 5.75 Å². The summed E-state index contributed by atoms with van der Waals surface area (Å²) in [7, 11) is 0. The van der Waals surface area contributed by atoms with E-state index in [1.807, 2.05) is 6.92 Å². The van der Waals surface area contributed by atoms with Crippen molar-refractivity contribution < 1.29 is 6.11 Å². The van der Waals surface area contributed by atoms with Crippen molar-refractivity contribution in [3.63, 3.8) is 0 Å². The van der Waals surface area contributed by atoms with E-state index in [0.717, 1.165) is 0 Å². The summed E-state index contributed by atoms with van der Waals surface area (Å²) < 4.78 is 13.1. The van der Waals surface area contributed by atoms with Crippen molar-refractivity contribution in [1.82, 2.24) is 4.98 Å². The van der Waals surface area contributed by atoms with Gasteiger partial charge < -0.3 is 4.74 Å². The zero-order valence-corrected chi connectivity index (χ0v) is 9.63. The molecule has 0 N–H and O–H groups in total. The van der Waals surface area contributed by atoms with Gasteiger partial charge in [-0.25, -0.2) is 4.85 Å². The summed E-state index contributed by atoms with van der Waals surface area (Å²) in [5, 5.41) is 0. The molecular weight excluding hydrogens is 244 g/mol. The lowest BCUT2D eigenvalue weighted by molar-refractivity contribution is 0.341. The van der Waals surface area contributed by atoms with Gasteiger partial charge >= 0.3 is 0 Å². The number of alkyl halides is 1. The SMILES string of the molecule is [2H]C(C)(Br)c1cc(OCC)c([N+]#[C-])cn1. The predicted molar refractivity (Wildman–Crippen MR) is 59.0 cm³/mol. The van der Waals surface area contributed by atoms with Crippen LogP contribution in [0.2, 0.25) is 0 Å². The van der Waals surface area contributed by atoms with Crippen molar-refractivity contribution in [1.29, 1.82) is 0 Å². The maximum Gasteiger partial charge on any atom is 0.245 e. The van der Waals surface area contributed by atoms with Gasteiger partial charge in [-0.2, -0.15) is 0 Å². The van der Waals surface area contributed by atoms with Crippen molar-refractivity contribution in [2.45, 2.75) is 18.7 Å². The monoisotopic (exact) mass is 255 g/mol. The Kier molecular flexibility index (Phi) is 3.36. The van der Waals surface area contributed by atoms with Crippen LogP contribution in [0.1, 0.15) is 25.7 Å². The average Bonchev–Trinajstić information content (AvgIpc) is 2.17. The molecule has 1 rings (SSSR count). The molecule has 4 heteroatoms. The van der Waals surface area contributed by atoms with Crippen LogP contribution in [-0.2, 0) is 0 Å². The van der Waals surface area contributed by atoms with Crippen LogP contribution in [0, 0.1) is 6.57 Å². The highest BCUT2D eigenvalue weighted by Gasteiger charge is 2.08. The molecule has 0 bridgehead atoms. The smallest absolute Gasteiger partial charge is 0.245 e. The highest BCUT2D eigenvalue weighted by atomic mass is 79.9. The van der Waals surface area contributed by atoms with Gasteiger partial charge in [0.2, 0.25) is 5.69 Å². The van der Waals surface area contributed by atoms with E-state index in [9.17, 15) is 0 Å². The number of pyridine rings is 1. The molecule has 1 heterocycles. The number of ether oxygens (including phenoxy) is 1. The van der Waals surface area contributed by atoms with Gasteiger partial charge in [-0.15, -0.1) is 0 Å². The highest BCUT2D eigenvalue weighted by Crippen LogP contribution is 2.31. The first-order valence-corrected chi connectivity index (χ1v) is 4.98. The fraction of sp³-hybridized carbons (Fsp3) is 0.400. The van der Waals surface area contributed by atoms with E-state index in [4.69, 9.17) is 12.7 Å². The van der Waals surface area contributed by atoms with Crippen LogP contribution < -0.4 is 4.74 Å². The molecule has 0 aliphatic rings. The minimum Gasteiger partial charge on any atom is -0.505 e. The summed E-state index contributed by atoms with van der Waals surface area (Å²) in [5.74, 6) is 0.482. The molecule has 0 aromatic carbocycles. The van der Waals surface area contributed by atoms with E-state index in [1.54, 1.807) is 13.0 Å². The van der Waals surface area contributed by atoms with Crippen LogP contribution in [0.15, 0.2) is 12.3 Å². The van der Waals surface area contributed by atoms with Gasteiger partial charge in [0.05, 0.1) is 23.7 Å². The van der Waals surface area contributed by atoms with Gasteiger partial charge in [-0.05, 0) is 19.9 Å². The van der Waals surface area contributed by atoms with E-state index in [2.05, 4.69) is 25.8 Å². The molecule has 3 nitrogen and oxygen atoms in total. The zero-order valence-electron chi connectivity index (χ0n) is 9.04. The van der Waals surface area contributed by atoms with E-state index in [1.165, 1.54) is 6.20 Å². The number of aromatic nitrogens is 1. The third-order valence-corrected chi connectivity index (χ3v) is 2.03. The van der Waals surface area contributed by atoms with Gasteiger partial charge in [-0.1, -0.05) is 15.9 Å². The Labute approximate surface area is 93.5 Å². The van der Waals surface area contributed by atoms with Gasteiger partial charge in [0, 0.05) is 7.57 Å². The Morgan fingerprint density at radius 2 is 2.57 bits per heavy atom. The first-order chi connectivity index (χ1) is 6.99. The van der Waals surface area contributed by atoms with Crippen molar-refractivity contribution in [2.75, 3.05) is 6.61 Å². The lowest BCUT2D eigenvalue weighted by atomic mass is 10.2. The number of halogens is 1. The molecule has 0 saturated carbocycles. The van der Waals surface area contributed by atoms with Crippen molar-refractivity contribution in [2.24, 2.45) is 0 Å². The maximum absolute atomic E-state index is 7.75. The highest BCUT2D eigenvalue weighted by molar-refractivity contribution is 9.09. The molecule has 1 atom stereocenters. The van der Waals surface area contributed by atoms with Gasteiger partial charge in [-0.3, -0.25) is 4.98 Å². The van der Waals surface area contributed by atoms with Crippen molar-refractivity contribution in [3.05, 3.63) is 29.4 Å². The zero-order chi connectivity index (χ0) is 11.5. The molecule has 1 aromatic rings. The van der Waals surface area contributed by atoms with E-state index >= 15 is 0 Å². The molecule has 0 radical (unpaired) electrons. The Morgan fingerprint density at radius 3 is 3.07 bits per heavy atom. The van der Waals surface area contributed by atoms with E-state index in [0.29, 0.717) is 23.7 Å². The lowest BCUT2D eigenvalue weighted by Crippen LogP contribution is -1.95. The van der Waals surface area contributed by atoms with Gasteiger partial charge in [0.25, 0.3) is 0 Å². The molecule has 0 saturated heterocycles. The minimum absolute atomic E-state index is 0.373. The van der Waals surface area contributed by atoms with Crippen LogP contribution >= 0.6 is 15.9 Å². The Bertz CT molecular complexity index is 395. The Balaban J connectivity index is 3.17. The second-order valence-electron chi connectivity index (χ2n) is 2.62. The molecule has 14 heavy (non-hydrogen) atoms. The first kappa shape index (κ1) is 9.47. The number of hydrogen-bond donors (Lipinski definition) is 0. The van der Waals surface area contributed by atoms with Crippen molar-refractivity contribution >= 4 is 21.6 Å². The average molecular weight is 256 g/mol. The number of rotatable bonds is 3. The molecule has 0 fully saturated rings. The maximum atomic E-state index is 7.75. The number of nitrogens with zero attached hydrogens (tertiary/aromatic N) is 2. The Morgan fingerprint density at radius 1 is 1.86 bits per heavy atom. The summed E-state index contributed by atoms with van der Waals surface area (Å²) in [6.45, 7) is 10.9. The third kappa shape index (κ3) is 2.46. The third-order valence-electron chi connectivity index (χ3n) is 1.62. The lowest BCUT2D eigenvalue weighted by Gasteiger charge is -2.08. The van der Waals surface area contributed by atoms with Gasteiger partial charge in [0.15, 0.2) is 0 Å². The fourth-order valence-corrected chi connectivity index (χ4v) is 1.19. The summed E-state index contributed by atoms with van der Waals surface area (Å²) in [4.78, 5) is 6.37. The first-order valence-electron chi connectivity index (χ1n) is 4.68. The Hall–Kier alpha value is -1.08. The topological polar surface area (TPSA) is 26.5 Å². The predicted octanol–water partition coefficient (Wildman–Crippen LogP) is 3.49. The second-order valence-corrected chi connectivity index (χ2v) is 3.81. The second kappa shape index (κ2) is 4.97. The summed E-state index contributed by atoms with van der Waals surface area (Å²) >= 11 is 3.19. The van der Waals surface area contributed by atoms with Crippen LogP contribution in [0.3, 0.4) is 0 Å². The number of hydrogen-bond acceptors (Lipinski definition) is 2. The van der Waals surface area contributed by atoms with Crippen LogP contribution in [-0.4, -0.2) is 11.6 Å². The molecule has 1 aromatic heterocycles. The molecule has 0 aliphatic carbocycles. The van der Waals surface area contributed by atoms with Crippen LogP contribution in [0.4, 0.5) is 5.69 Å². The molecular formula is C10H11BrN2O. The molecule has 0 spiro atoms. The van der Waals surface area contributed by atoms with E-state index in [-0.39, 0.29) is 0 Å². The summed E-state index contributed by atoms with van der Waals surface area (Å²) in [6, 6.07) is 1.62. The van der Waals surface area contributed by atoms with Gasteiger partial charge in [0.1, 0.15) is 5.75 Å². The normalized spacial score (nSPS) is 15.1. The molecule has 74 valence electrons. The summed E-state index contributed by atoms with van der Waals surface area (Å²) in [6.07, 6.45) is 1.43. The molecule has 0 aliphatic heterocycles. The fourth-order valence-electron chi connectivity index (χ4n) is 0.973. The van der Waals surface area contributed by atoms with E-state index < -0.39 is 4.80 Å². The van der Waals surface area contributed by atoms with Crippen LogP contribution in [0.25, 0.3) is 4.85 Å². The summed E-state index contributed by atoms with van der Waals surface area (Å²) in [5.41, 5.74) is 0.899. The quantitative estimate of drug-likeness (QED) is 0.611. The molecule has 1 unspecified atom stereocenters.